The third-order valence-electron chi connectivity index (χ3n) is 2.83. The van der Waals surface area contributed by atoms with Gasteiger partial charge in [0.2, 0.25) is 5.96 Å². The van der Waals surface area contributed by atoms with Crippen LogP contribution < -0.4 is 16.6 Å². The number of nitrogens with one attached hydrogen (secondary N) is 2. The smallest absolute Gasteiger partial charge is 0.210 e. The molecular formula is C14H17BrN4O. The molecule has 0 spiro atoms. The highest BCUT2D eigenvalue weighted by atomic mass is 79.9. The second-order valence-corrected chi connectivity index (χ2v) is 4.99. The molecule has 2 aromatic carbocycles. The van der Waals surface area contributed by atoms with Gasteiger partial charge in [-0.1, -0.05) is 40.2 Å². The van der Waals surface area contributed by atoms with Gasteiger partial charge in [0.1, 0.15) is 0 Å². The third kappa shape index (κ3) is 3.47. The van der Waals surface area contributed by atoms with E-state index >= 15 is 0 Å². The first-order chi connectivity index (χ1) is 9.76. The van der Waals surface area contributed by atoms with Gasteiger partial charge in [0.25, 0.3) is 0 Å². The Labute approximate surface area is 126 Å². The van der Waals surface area contributed by atoms with Crippen molar-refractivity contribution in [3.05, 3.63) is 40.9 Å². The van der Waals surface area contributed by atoms with Crippen molar-refractivity contribution in [2.45, 2.75) is 0 Å². The van der Waals surface area contributed by atoms with E-state index in [0.717, 1.165) is 20.9 Å². The fourth-order valence-corrected chi connectivity index (χ4v) is 2.35. The molecular weight excluding hydrogens is 320 g/mol. The van der Waals surface area contributed by atoms with Crippen molar-refractivity contribution in [3.63, 3.8) is 0 Å². The summed E-state index contributed by atoms with van der Waals surface area (Å²) in [5, 5.41) is 5.42. The number of hydrogen-bond acceptors (Lipinski definition) is 3. The lowest BCUT2D eigenvalue weighted by molar-refractivity contribution is 0.208. The molecule has 0 amide bonds. The van der Waals surface area contributed by atoms with Gasteiger partial charge in [-0.2, -0.15) is 0 Å². The van der Waals surface area contributed by atoms with Crippen molar-refractivity contribution < 1.29 is 4.74 Å². The normalized spacial score (nSPS) is 11.7. The molecule has 0 bridgehead atoms. The lowest BCUT2D eigenvalue weighted by atomic mass is 10.1. The average molecular weight is 337 g/mol. The van der Waals surface area contributed by atoms with E-state index in [1.54, 1.807) is 7.11 Å². The standard InChI is InChI=1S/C14H17BrN4O/c1-20-9-8-17-14(19-16)18-13-7-6-12(15)10-4-2-3-5-11(10)13/h2-7H,8-9,16H2,1H3,(H2,17,18,19). The van der Waals surface area contributed by atoms with Crippen LogP contribution in [-0.4, -0.2) is 26.2 Å². The number of aliphatic imine (C=N–C) groups is 1. The van der Waals surface area contributed by atoms with Gasteiger partial charge in [-0.25, -0.2) is 10.8 Å². The molecule has 0 aromatic heterocycles. The highest BCUT2D eigenvalue weighted by Gasteiger charge is 2.05. The molecule has 2 rings (SSSR count). The van der Waals surface area contributed by atoms with Crippen LogP contribution in [0, 0.1) is 0 Å². The van der Waals surface area contributed by atoms with Crippen molar-refractivity contribution >= 4 is 38.3 Å². The van der Waals surface area contributed by atoms with Crippen LogP contribution >= 0.6 is 15.9 Å². The number of hydrazine groups is 1. The van der Waals surface area contributed by atoms with Crippen LogP contribution in [0.2, 0.25) is 0 Å². The van der Waals surface area contributed by atoms with E-state index in [1.807, 2.05) is 30.3 Å². The largest absolute Gasteiger partial charge is 0.383 e. The summed E-state index contributed by atoms with van der Waals surface area (Å²) in [4.78, 5) is 4.29. The zero-order chi connectivity index (χ0) is 14.4. The van der Waals surface area contributed by atoms with Gasteiger partial charge in [0, 0.05) is 22.7 Å². The molecule has 20 heavy (non-hydrogen) atoms. The zero-order valence-electron chi connectivity index (χ0n) is 11.2. The minimum absolute atomic E-state index is 0.509. The van der Waals surface area contributed by atoms with Crippen LogP contribution in [-0.2, 0) is 4.74 Å². The van der Waals surface area contributed by atoms with E-state index in [1.165, 1.54) is 0 Å². The Kier molecular flexibility index (Phi) is 5.34. The Morgan fingerprint density at radius 3 is 2.70 bits per heavy atom. The minimum Gasteiger partial charge on any atom is -0.383 e. The molecule has 0 heterocycles. The second-order valence-electron chi connectivity index (χ2n) is 4.13. The monoisotopic (exact) mass is 336 g/mol. The molecule has 0 aliphatic carbocycles. The number of anilines is 1. The molecule has 4 N–H and O–H groups in total. The molecule has 6 heteroatoms. The van der Waals surface area contributed by atoms with Gasteiger partial charge in [-0.15, -0.1) is 0 Å². The van der Waals surface area contributed by atoms with Gasteiger partial charge < -0.3 is 10.1 Å². The van der Waals surface area contributed by atoms with E-state index < -0.39 is 0 Å². The molecule has 0 atom stereocenters. The zero-order valence-corrected chi connectivity index (χ0v) is 12.8. The summed E-state index contributed by atoms with van der Waals surface area (Å²) >= 11 is 3.55. The lowest BCUT2D eigenvalue weighted by Crippen LogP contribution is -2.36. The van der Waals surface area contributed by atoms with E-state index in [2.05, 4.69) is 37.7 Å². The first-order valence-electron chi connectivity index (χ1n) is 6.20. The fourth-order valence-electron chi connectivity index (χ4n) is 1.87. The maximum absolute atomic E-state index is 5.48. The van der Waals surface area contributed by atoms with E-state index in [9.17, 15) is 0 Å². The Hall–Kier alpha value is -1.63. The molecule has 0 radical (unpaired) electrons. The third-order valence-corrected chi connectivity index (χ3v) is 3.52. The predicted molar refractivity (Wildman–Crippen MR) is 86.8 cm³/mol. The van der Waals surface area contributed by atoms with E-state index in [0.29, 0.717) is 19.1 Å². The van der Waals surface area contributed by atoms with Crippen molar-refractivity contribution in [2.24, 2.45) is 10.8 Å². The van der Waals surface area contributed by atoms with Gasteiger partial charge in [0.05, 0.1) is 13.2 Å². The molecule has 2 aromatic rings. The van der Waals surface area contributed by atoms with Crippen LogP contribution in [0.1, 0.15) is 0 Å². The topological polar surface area (TPSA) is 71.7 Å². The van der Waals surface area contributed by atoms with Crippen molar-refractivity contribution in [3.8, 4) is 0 Å². The fraction of sp³-hybridized carbons (Fsp3) is 0.214. The van der Waals surface area contributed by atoms with E-state index in [4.69, 9.17) is 10.6 Å². The van der Waals surface area contributed by atoms with Gasteiger partial charge in [-0.05, 0) is 17.5 Å². The molecule has 0 saturated carbocycles. The average Bonchev–Trinajstić information content (AvgIpc) is 2.49. The van der Waals surface area contributed by atoms with Crippen molar-refractivity contribution in [1.29, 1.82) is 0 Å². The Morgan fingerprint density at radius 1 is 1.25 bits per heavy atom. The SMILES string of the molecule is COCCN=C(NN)Nc1ccc(Br)c2ccccc12. The Bertz CT molecular complexity index is 615. The minimum atomic E-state index is 0.509. The highest BCUT2D eigenvalue weighted by Crippen LogP contribution is 2.29. The molecule has 0 unspecified atom stereocenters. The molecule has 0 fully saturated rings. The summed E-state index contributed by atoms with van der Waals surface area (Å²) in [5.41, 5.74) is 3.50. The first-order valence-corrected chi connectivity index (χ1v) is 7.00. The molecule has 0 aliphatic rings. The number of fused-ring (bicyclic) bond motifs is 1. The summed E-state index contributed by atoms with van der Waals surface area (Å²) in [6.45, 7) is 1.09. The van der Waals surface area contributed by atoms with Crippen LogP contribution in [0.5, 0.6) is 0 Å². The number of guanidine groups is 1. The van der Waals surface area contributed by atoms with Crippen molar-refractivity contribution in [2.75, 3.05) is 25.6 Å². The number of ether oxygens (including phenoxy) is 1. The summed E-state index contributed by atoms with van der Waals surface area (Å²) in [6, 6.07) is 12.1. The molecule has 0 aliphatic heterocycles. The lowest BCUT2D eigenvalue weighted by Gasteiger charge is -2.12. The van der Waals surface area contributed by atoms with Crippen LogP contribution in [0.15, 0.2) is 45.9 Å². The van der Waals surface area contributed by atoms with Gasteiger partial charge in [-0.3, -0.25) is 5.43 Å². The number of methoxy groups -OCH3 is 1. The number of rotatable bonds is 4. The van der Waals surface area contributed by atoms with Gasteiger partial charge in [0.15, 0.2) is 0 Å². The van der Waals surface area contributed by atoms with Gasteiger partial charge >= 0.3 is 0 Å². The second kappa shape index (κ2) is 7.23. The van der Waals surface area contributed by atoms with Crippen LogP contribution in [0.25, 0.3) is 10.8 Å². The Morgan fingerprint density at radius 2 is 2.00 bits per heavy atom. The summed E-state index contributed by atoms with van der Waals surface area (Å²) in [5.74, 6) is 5.99. The molecule has 106 valence electrons. The molecule has 0 saturated heterocycles. The quantitative estimate of drug-likeness (QED) is 0.264. The predicted octanol–water partition coefficient (Wildman–Crippen LogP) is 2.48. The number of nitrogens with zero attached hydrogens (tertiary/aromatic N) is 1. The Balaban J connectivity index is 2.29. The maximum atomic E-state index is 5.48. The first kappa shape index (κ1) is 14.8. The molecule has 5 nitrogen and oxygen atoms in total. The number of hydrogen-bond donors (Lipinski definition) is 3. The summed E-state index contributed by atoms with van der Waals surface area (Å²) in [7, 11) is 1.64. The number of benzene rings is 2. The number of halogens is 1. The maximum Gasteiger partial charge on any atom is 0.210 e. The van der Waals surface area contributed by atoms with Crippen LogP contribution in [0.3, 0.4) is 0 Å². The van der Waals surface area contributed by atoms with Crippen molar-refractivity contribution in [1.82, 2.24) is 5.43 Å². The van der Waals surface area contributed by atoms with Crippen LogP contribution in [0.4, 0.5) is 5.69 Å². The summed E-state index contributed by atoms with van der Waals surface area (Å²) in [6.07, 6.45) is 0. The summed E-state index contributed by atoms with van der Waals surface area (Å²) < 4.78 is 6.02. The van der Waals surface area contributed by atoms with E-state index in [-0.39, 0.29) is 0 Å². The highest BCUT2D eigenvalue weighted by molar-refractivity contribution is 9.10. The number of nitrogens with two attached hydrogens (primary N) is 1.